The second kappa shape index (κ2) is 5.62. The highest BCUT2D eigenvalue weighted by Crippen LogP contribution is 2.12. The molecular formula is C11H17NO2. The van der Waals surface area contributed by atoms with Gasteiger partial charge in [-0.25, -0.2) is 0 Å². The number of hydrogen-bond donors (Lipinski definition) is 1. The topological polar surface area (TPSA) is 44.5 Å². The molecule has 3 heteroatoms. The van der Waals surface area contributed by atoms with Crippen molar-refractivity contribution < 1.29 is 9.47 Å². The number of ether oxygens (including phenoxy) is 2. The molecule has 0 bridgehead atoms. The second-order valence-corrected chi connectivity index (χ2v) is 3.22. The van der Waals surface area contributed by atoms with Gasteiger partial charge in [0.05, 0.1) is 0 Å². The van der Waals surface area contributed by atoms with E-state index in [1.54, 1.807) is 7.11 Å². The van der Waals surface area contributed by atoms with Crippen LogP contribution in [-0.2, 0) is 4.74 Å². The first-order valence-corrected chi connectivity index (χ1v) is 4.68. The largest absolute Gasteiger partial charge is 0.491 e. The summed E-state index contributed by atoms with van der Waals surface area (Å²) in [6.45, 7) is 3.00. The van der Waals surface area contributed by atoms with Gasteiger partial charge in [0.1, 0.15) is 18.5 Å². The van der Waals surface area contributed by atoms with Crippen molar-refractivity contribution in [3.05, 3.63) is 29.8 Å². The van der Waals surface area contributed by atoms with Gasteiger partial charge in [0, 0.05) is 13.7 Å². The Labute approximate surface area is 84.8 Å². The summed E-state index contributed by atoms with van der Waals surface area (Å²) in [5, 5.41) is 0. The molecule has 0 saturated heterocycles. The van der Waals surface area contributed by atoms with Crippen molar-refractivity contribution in [2.75, 3.05) is 20.3 Å². The van der Waals surface area contributed by atoms with E-state index in [1.807, 2.05) is 31.2 Å². The third kappa shape index (κ3) is 3.36. The van der Waals surface area contributed by atoms with Gasteiger partial charge in [-0.1, -0.05) is 12.1 Å². The molecule has 0 amide bonds. The van der Waals surface area contributed by atoms with Crippen molar-refractivity contribution >= 4 is 0 Å². The minimum atomic E-state index is -0.0319. The van der Waals surface area contributed by atoms with Crippen LogP contribution in [0.15, 0.2) is 24.3 Å². The fourth-order valence-corrected chi connectivity index (χ4v) is 1.13. The third-order valence-corrected chi connectivity index (χ3v) is 2.02. The summed E-state index contributed by atoms with van der Waals surface area (Å²) in [4.78, 5) is 0. The summed E-state index contributed by atoms with van der Waals surface area (Å²) in [6, 6.07) is 7.91. The summed E-state index contributed by atoms with van der Waals surface area (Å²) in [5.74, 6) is 0.862. The zero-order valence-electron chi connectivity index (χ0n) is 8.69. The maximum atomic E-state index is 5.53. The van der Waals surface area contributed by atoms with Gasteiger partial charge >= 0.3 is 0 Å². The van der Waals surface area contributed by atoms with E-state index in [-0.39, 0.29) is 6.10 Å². The van der Waals surface area contributed by atoms with E-state index in [0.717, 1.165) is 5.75 Å². The lowest BCUT2D eigenvalue weighted by Crippen LogP contribution is -2.28. The van der Waals surface area contributed by atoms with Crippen LogP contribution in [0.3, 0.4) is 0 Å². The highest BCUT2D eigenvalue weighted by Gasteiger charge is 2.04. The molecule has 0 aliphatic rings. The van der Waals surface area contributed by atoms with Gasteiger partial charge in [0.25, 0.3) is 0 Å². The summed E-state index contributed by atoms with van der Waals surface area (Å²) < 4.78 is 10.6. The van der Waals surface area contributed by atoms with Crippen molar-refractivity contribution in [1.29, 1.82) is 0 Å². The molecule has 1 aromatic carbocycles. The molecule has 0 fully saturated rings. The number of aryl methyl sites for hydroxylation is 1. The molecule has 0 saturated carbocycles. The van der Waals surface area contributed by atoms with Crippen LogP contribution in [0.2, 0.25) is 0 Å². The first kappa shape index (κ1) is 11.0. The Morgan fingerprint density at radius 3 is 2.79 bits per heavy atom. The average Bonchev–Trinajstić information content (AvgIpc) is 2.19. The van der Waals surface area contributed by atoms with E-state index in [2.05, 4.69) is 0 Å². The second-order valence-electron chi connectivity index (χ2n) is 3.22. The zero-order chi connectivity index (χ0) is 10.4. The lowest BCUT2D eigenvalue weighted by atomic mass is 10.2. The zero-order valence-corrected chi connectivity index (χ0v) is 8.69. The predicted octanol–water partition coefficient (Wildman–Crippen LogP) is 1.35. The molecule has 0 heterocycles. The van der Waals surface area contributed by atoms with Crippen molar-refractivity contribution in [2.45, 2.75) is 13.0 Å². The third-order valence-electron chi connectivity index (χ3n) is 2.02. The van der Waals surface area contributed by atoms with Crippen LogP contribution in [0.5, 0.6) is 5.75 Å². The van der Waals surface area contributed by atoms with Crippen molar-refractivity contribution in [3.63, 3.8) is 0 Å². The van der Waals surface area contributed by atoms with Crippen molar-refractivity contribution in [2.24, 2.45) is 5.73 Å². The Morgan fingerprint density at radius 1 is 1.43 bits per heavy atom. The van der Waals surface area contributed by atoms with Gasteiger partial charge in [-0.2, -0.15) is 0 Å². The summed E-state index contributed by atoms with van der Waals surface area (Å²) >= 11 is 0. The van der Waals surface area contributed by atoms with Crippen molar-refractivity contribution in [3.8, 4) is 5.75 Å². The van der Waals surface area contributed by atoms with E-state index in [1.165, 1.54) is 5.56 Å². The summed E-state index contributed by atoms with van der Waals surface area (Å²) in [7, 11) is 1.64. The van der Waals surface area contributed by atoms with Crippen LogP contribution < -0.4 is 10.5 Å². The standard InChI is InChI=1S/C11H17NO2/c1-9-4-3-5-10(6-9)14-8-11(7-12)13-2/h3-6,11H,7-8,12H2,1-2H3. The van der Waals surface area contributed by atoms with Gasteiger partial charge in [-0.15, -0.1) is 0 Å². The van der Waals surface area contributed by atoms with Crippen molar-refractivity contribution in [1.82, 2.24) is 0 Å². The fraction of sp³-hybridized carbons (Fsp3) is 0.455. The first-order valence-electron chi connectivity index (χ1n) is 4.68. The molecule has 3 nitrogen and oxygen atoms in total. The van der Waals surface area contributed by atoms with E-state index in [9.17, 15) is 0 Å². The van der Waals surface area contributed by atoms with Crippen LogP contribution >= 0.6 is 0 Å². The molecular weight excluding hydrogens is 178 g/mol. The van der Waals surface area contributed by atoms with Crippen LogP contribution in [-0.4, -0.2) is 26.4 Å². The van der Waals surface area contributed by atoms with Gasteiger partial charge < -0.3 is 15.2 Å². The molecule has 1 unspecified atom stereocenters. The van der Waals surface area contributed by atoms with E-state index >= 15 is 0 Å². The van der Waals surface area contributed by atoms with E-state index in [0.29, 0.717) is 13.2 Å². The summed E-state index contributed by atoms with van der Waals surface area (Å²) in [6.07, 6.45) is -0.0319. The fourth-order valence-electron chi connectivity index (χ4n) is 1.13. The van der Waals surface area contributed by atoms with Crippen LogP contribution in [0.1, 0.15) is 5.56 Å². The van der Waals surface area contributed by atoms with Crippen LogP contribution in [0.25, 0.3) is 0 Å². The predicted molar refractivity (Wildman–Crippen MR) is 56.5 cm³/mol. The number of benzene rings is 1. The number of rotatable bonds is 5. The molecule has 1 atom stereocenters. The van der Waals surface area contributed by atoms with Crippen LogP contribution in [0.4, 0.5) is 0 Å². The molecule has 1 aromatic rings. The first-order chi connectivity index (χ1) is 6.76. The Morgan fingerprint density at radius 2 is 2.21 bits per heavy atom. The van der Waals surface area contributed by atoms with E-state index < -0.39 is 0 Å². The Kier molecular flexibility index (Phi) is 4.43. The minimum absolute atomic E-state index is 0.0319. The molecule has 78 valence electrons. The maximum Gasteiger partial charge on any atom is 0.119 e. The smallest absolute Gasteiger partial charge is 0.119 e. The van der Waals surface area contributed by atoms with Gasteiger partial charge in [-0.3, -0.25) is 0 Å². The Balaban J connectivity index is 2.44. The van der Waals surface area contributed by atoms with Gasteiger partial charge in [-0.05, 0) is 24.6 Å². The maximum absolute atomic E-state index is 5.53. The molecule has 0 aromatic heterocycles. The number of nitrogens with two attached hydrogens (primary N) is 1. The molecule has 14 heavy (non-hydrogen) atoms. The van der Waals surface area contributed by atoms with Gasteiger partial charge in [0.15, 0.2) is 0 Å². The SMILES string of the molecule is COC(CN)COc1cccc(C)c1. The minimum Gasteiger partial charge on any atom is -0.491 e. The number of methoxy groups -OCH3 is 1. The van der Waals surface area contributed by atoms with E-state index in [4.69, 9.17) is 15.2 Å². The highest BCUT2D eigenvalue weighted by atomic mass is 16.5. The molecule has 2 N–H and O–H groups in total. The average molecular weight is 195 g/mol. The lowest BCUT2D eigenvalue weighted by Gasteiger charge is -2.14. The highest BCUT2D eigenvalue weighted by molar-refractivity contribution is 5.27. The Hall–Kier alpha value is -1.06. The Bertz CT molecular complexity index is 272. The molecule has 0 aliphatic carbocycles. The molecule has 0 aliphatic heterocycles. The molecule has 0 radical (unpaired) electrons. The summed E-state index contributed by atoms with van der Waals surface area (Å²) in [5.41, 5.74) is 6.66. The van der Waals surface area contributed by atoms with Gasteiger partial charge in [0.2, 0.25) is 0 Å². The monoisotopic (exact) mass is 195 g/mol. The lowest BCUT2D eigenvalue weighted by molar-refractivity contribution is 0.0643. The normalized spacial score (nSPS) is 12.5. The van der Waals surface area contributed by atoms with Crippen LogP contribution in [0, 0.1) is 6.92 Å². The number of hydrogen-bond acceptors (Lipinski definition) is 3. The quantitative estimate of drug-likeness (QED) is 0.771. The molecule has 0 spiro atoms. The molecule has 1 rings (SSSR count).